The van der Waals surface area contributed by atoms with E-state index in [4.69, 9.17) is 4.74 Å². The first-order chi connectivity index (χ1) is 8.22. The van der Waals surface area contributed by atoms with E-state index in [2.05, 4.69) is 10.2 Å². The van der Waals surface area contributed by atoms with Crippen LogP contribution in [0.3, 0.4) is 0 Å². The number of nitrogens with one attached hydrogen (secondary N) is 1. The van der Waals surface area contributed by atoms with Crippen molar-refractivity contribution in [1.82, 2.24) is 10.2 Å². The van der Waals surface area contributed by atoms with E-state index in [0.717, 1.165) is 0 Å². The molecule has 5 nitrogen and oxygen atoms in total. The van der Waals surface area contributed by atoms with Crippen molar-refractivity contribution in [3.05, 3.63) is 34.6 Å². The molecule has 0 atom stereocenters. The highest BCUT2D eigenvalue weighted by atomic mass is 16.5. The van der Waals surface area contributed by atoms with Gasteiger partial charge in [-0.1, -0.05) is 19.1 Å². The summed E-state index contributed by atoms with van der Waals surface area (Å²) in [7, 11) is 0. The van der Waals surface area contributed by atoms with Crippen molar-refractivity contribution < 1.29 is 9.53 Å². The normalized spacial score (nSPS) is 10.4. The molecule has 0 fully saturated rings. The lowest BCUT2D eigenvalue weighted by Gasteiger charge is -2.04. The summed E-state index contributed by atoms with van der Waals surface area (Å²) in [6.45, 7) is 1.89. The van der Waals surface area contributed by atoms with Crippen molar-refractivity contribution in [2.45, 2.75) is 19.8 Å². The van der Waals surface area contributed by atoms with E-state index in [9.17, 15) is 9.59 Å². The zero-order chi connectivity index (χ0) is 12.3. The maximum atomic E-state index is 11.5. The Kier molecular flexibility index (Phi) is 3.18. The van der Waals surface area contributed by atoms with Gasteiger partial charge in [-0.05, 0) is 18.6 Å². The third kappa shape index (κ3) is 2.33. The maximum Gasteiger partial charge on any atom is 0.312 e. The SMILES string of the molecule is CCCC(=O)Oc1n[nH]c(=O)c2ccccc12. The standard InChI is InChI=1S/C12H12N2O3/c1-2-5-10(15)17-12-9-7-4-3-6-8(9)11(16)13-14-12/h3-4,6-7H,2,5H2,1H3,(H,13,16). The Hall–Kier alpha value is -2.17. The molecule has 0 spiro atoms. The van der Waals surface area contributed by atoms with E-state index in [1.807, 2.05) is 6.92 Å². The Morgan fingerprint density at radius 2 is 2.06 bits per heavy atom. The van der Waals surface area contributed by atoms with Crippen molar-refractivity contribution in [2.75, 3.05) is 0 Å². The van der Waals surface area contributed by atoms with Crippen molar-refractivity contribution in [2.24, 2.45) is 0 Å². The average Bonchev–Trinajstić information content (AvgIpc) is 2.34. The molecule has 0 aliphatic rings. The predicted molar refractivity (Wildman–Crippen MR) is 62.9 cm³/mol. The van der Waals surface area contributed by atoms with Crippen LogP contribution in [-0.4, -0.2) is 16.2 Å². The fourth-order valence-electron chi connectivity index (χ4n) is 1.53. The molecule has 0 unspecified atom stereocenters. The molecule has 2 rings (SSSR count). The molecule has 0 saturated heterocycles. The van der Waals surface area contributed by atoms with Crippen molar-refractivity contribution in [3.8, 4) is 5.88 Å². The Labute approximate surface area is 97.4 Å². The maximum absolute atomic E-state index is 11.5. The molecule has 2 aromatic rings. The largest absolute Gasteiger partial charge is 0.405 e. The number of aromatic nitrogens is 2. The van der Waals surface area contributed by atoms with Gasteiger partial charge in [0.25, 0.3) is 5.56 Å². The number of ether oxygens (including phenoxy) is 1. The summed E-state index contributed by atoms with van der Waals surface area (Å²) in [6, 6.07) is 6.87. The fourth-order valence-corrected chi connectivity index (χ4v) is 1.53. The molecule has 0 aliphatic heterocycles. The highest BCUT2D eigenvalue weighted by molar-refractivity contribution is 5.87. The molecule has 1 aromatic carbocycles. The number of H-pyrrole nitrogens is 1. The second-order valence-electron chi connectivity index (χ2n) is 3.63. The van der Waals surface area contributed by atoms with E-state index in [1.165, 1.54) is 0 Å². The first kappa shape index (κ1) is 11.3. The van der Waals surface area contributed by atoms with E-state index in [-0.39, 0.29) is 17.4 Å². The van der Waals surface area contributed by atoms with E-state index < -0.39 is 0 Å². The van der Waals surface area contributed by atoms with E-state index >= 15 is 0 Å². The molecule has 0 amide bonds. The topological polar surface area (TPSA) is 72.0 Å². The molecular formula is C12H12N2O3. The van der Waals surface area contributed by atoms with Crippen LogP contribution in [0.5, 0.6) is 5.88 Å². The molecule has 88 valence electrons. The molecule has 0 bridgehead atoms. The number of rotatable bonds is 3. The monoisotopic (exact) mass is 232 g/mol. The van der Waals surface area contributed by atoms with Crippen LogP contribution in [0.2, 0.25) is 0 Å². The van der Waals surface area contributed by atoms with Gasteiger partial charge in [0, 0.05) is 6.42 Å². The molecule has 0 saturated carbocycles. The van der Waals surface area contributed by atoms with Crippen LogP contribution in [0, 0.1) is 0 Å². The van der Waals surface area contributed by atoms with Crippen LogP contribution in [0.15, 0.2) is 29.1 Å². The third-order valence-corrected chi connectivity index (χ3v) is 2.33. The van der Waals surface area contributed by atoms with Crippen molar-refractivity contribution in [3.63, 3.8) is 0 Å². The smallest absolute Gasteiger partial charge is 0.312 e. The van der Waals surface area contributed by atoms with Crippen molar-refractivity contribution in [1.29, 1.82) is 0 Å². The van der Waals surface area contributed by atoms with E-state index in [0.29, 0.717) is 23.6 Å². The number of hydrogen-bond donors (Lipinski definition) is 1. The zero-order valence-corrected chi connectivity index (χ0v) is 9.40. The summed E-state index contributed by atoms with van der Waals surface area (Å²) in [4.78, 5) is 22.9. The molecule has 1 N–H and O–H groups in total. The van der Waals surface area contributed by atoms with Gasteiger partial charge in [-0.3, -0.25) is 9.59 Å². The molecule has 1 heterocycles. The molecular weight excluding hydrogens is 220 g/mol. The predicted octanol–water partition coefficient (Wildman–Crippen LogP) is 1.63. The van der Waals surface area contributed by atoms with Gasteiger partial charge in [-0.2, -0.15) is 0 Å². The van der Waals surface area contributed by atoms with Gasteiger partial charge in [-0.25, -0.2) is 5.10 Å². The number of esters is 1. The number of fused-ring (bicyclic) bond motifs is 1. The Bertz CT molecular complexity index is 604. The summed E-state index contributed by atoms with van der Waals surface area (Å²) < 4.78 is 5.10. The van der Waals surface area contributed by atoms with E-state index in [1.54, 1.807) is 24.3 Å². The number of carbonyl (C=O) groups is 1. The quantitative estimate of drug-likeness (QED) is 0.816. The second-order valence-corrected chi connectivity index (χ2v) is 3.63. The third-order valence-electron chi connectivity index (χ3n) is 2.33. The first-order valence-corrected chi connectivity index (χ1v) is 5.40. The van der Waals surface area contributed by atoms with Crippen LogP contribution in [0.25, 0.3) is 10.8 Å². The fraction of sp³-hybridized carbons (Fsp3) is 0.250. The summed E-state index contributed by atoms with van der Waals surface area (Å²) >= 11 is 0. The lowest BCUT2D eigenvalue weighted by molar-refractivity contribution is -0.134. The molecule has 17 heavy (non-hydrogen) atoms. The van der Waals surface area contributed by atoms with Gasteiger partial charge in [0.1, 0.15) is 0 Å². The summed E-state index contributed by atoms with van der Waals surface area (Å²) in [5.74, 6) is -0.198. The van der Waals surface area contributed by atoms with Gasteiger partial charge in [0.15, 0.2) is 0 Å². The summed E-state index contributed by atoms with van der Waals surface area (Å²) in [6.07, 6.45) is 1.04. The number of hydrogen-bond acceptors (Lipinski definition) is 4. The van der Waals surface area contributed by atoms with Gasteiger partial charge in [-0.15, -0.1) is 5.10 Å². The summed E-state index contributed by atoms with van der Waals surface area (Å²) in [5.41, 5.74) is -0.295. The number of aromatic amines is 1. The first-order valence-electron chi connectivity index (χ1n) is 5.40. The average molecular weight is 232 g/mol. The second kappa shape index (κ2) is 4.78. The zero-order valence-electron chi connectivity index (χ0n) is 9.40. The summed E-state index contributed by atoms with van der Waals surface area (Å²) in [5, 5.41) is 7.06. The molecule has 5 heteroatoms. The number of carbonyl (C=O) groups excluding carboxylic acids is 1. The van der Waals surface area contributed by atoms with Gasteiger partial charge in [0.05, 0.1) is 10.8 Å². The van der Waals surface area contributed by atoms with Gasteiger partial charge in [0.2, 0.25) is 5.88 Å². The Morgan fingerprint density at radius 1 is 1.35 bits per heavy atom. The number of nitrogens with zero attached hydrogens (tertiary/aromatic N) is 1. The number of benzene rings is 1. The van der Waals surface area contributed by atoms with Crippen LogP contribution < -0.4 is 10.3 Å². The van der Waals surface area contributed by atoms with Gasteiger partial charge < -0.3 is 4.74 Å². The molecule has 1 aromatic heterocycles. The lowest BCUT2D eigenvalue weighted by atomic mass is 10.2. The Balaban J connectivity index is 2.45. The van der Waals surface area contributed by atoms with Crippen LogP contribution in [0.1, 0.15) is 19.8 Å². The Morgan fingerprint density at radius 3 is 2.76 bits per heavy atom. The van der Waals surface area contributed by atoms with Gasteiger partial charge >= 0.3 is 5.97 Å². The lowest BCUT2D eigenvalue weighted by Crippen LogP contribution is -2.13. The minimum atomic E-state index is -0.350. The minimum Gasteiger partial charge on any atom is -0.405 e. The molecule has 0 radical (unpaired) electrons. The highest BCUT2D eigenvalue weighted by Crippen LogP contribution is 2.19. The van der Waals surface area contributed by atoms with Crippen LogP contribution >= 0.6 is 0 Å². The van der Waals surface area contributed by atoms with Crippen LogP contribution in [-0.2, 0) is 4.79 Å². The van der Waals surface area contributed by atoms with Crippen LogP contribution in [0.4, 0.5) is 0 Å². The van der Waals surface area contributed by atoms with Crippen molar-refractivity contribution >= 4 is 16.7 Å². The molecule has 0 aliphatic carbocycles. The minimum absolute atomic E-state index is 0.152. The highest BCUT2D eigenvalue weighted by Gasteiger charge is 2.10.